The minimum atomic E-state index is -2.91. The quantitative estimate of drug-likeness (QED) is 0.625. The molecule has 3 rings (SSSR count). The lowest BCUT2D eigenvalue weighted by Crippen LogP contribution is -2.34. The molecule has 1 fully saturated rings. The molecule has 1 saturated heterocycles. The minimum absolute atomic E-state index is 0.0192. The Morgan fingerprint density at radius 2 is 2.26 bits per heavy atom. The zero-order chi connectivity index (χ0) is 13.5. The van der Waals surface area contributed by atoms with Crippen molar-refractivity contribution < 1.29 is 13.2 Å². The maximum absolute atomic E-state index is 11.6. The van der Waals surface area contributed by atoms with E-state index in [0.717, 1.165) is 17.7 Å². The first-order chi connectivity index (χ1) is 9.11. The molecule has 0 saturated carbocycles. The SMILES string of the molecule is NNC(c1cccc2c1OCC2)C1CCS(=O)(=O)C1. The fourth-order valence-electron chi connectivity index (χ4n) is 3.05. The molecule has 2 heterocycles. The van der Waals surface area contributed by atoms with E-state index in [-0.39, 0.29) is 23.5 Å². The van der Waals surface area contributed by atoms with Gasteiger partial charge < -0.3 is 4.74 Å². The molecule has 0 aliphatic carbocycles. The van der Waals surface area contributed by atoms with Crippen molar-refractivity contribution in [2.75, 3.05) is 18.1 Å². The van der Waals surface area contributed by atoms with Crippen molar-refractivity contribution in [2.45, 2.75) is 18.9 Å². The average Bonchev–Trinajstić information content (AvgIpc) is 2.97. The zero-order valence-electron chi connectivity index (χ0n) is 10.6. The third kappa shape index (κ3) is 2.35. The molecule has 2 aliphatic rings. The smallest absolute Gasteiger partial charge is 0.150 e. The second-order valence-electron chi connectivity index (χ2n) is 5.24. The van der Waals surface area contributed by atoms with Gasteiger partial charge in [0.15, 0.2) is 9.84 Å². The number of hydrazine groups is 1. The van der Waals surface area contributed by atoms with Crippen LogP contribution in [0.5, 0.6) is 5.75 Å². The molecule has 2 atom stereocenters. The van der Waals surface area contributed by atoms with Gasteiger partial charge in [-0.25, -0.2) is 8.42 Å². The van der Waals surface area contributed by atoms with E-state index in [1.807, 2.05) is 18.2 Å². The van der Waals surface area contributed by atoms with Crippen molar-refractivity contribution in [3.8, 4) is 5.75 Å². The normalized spacial score (nSPS) is 25.8. The highest BCUT2D eigenvalue weighted by atomic mass is 32.2. The Hall–Kier alpha value is -1.11. The molecular weight excluding hydrogens is 264 g/mol. The van der Waals surface area contributed by atoms with Gasteiger partial charge in [0.05, 0.1) is 24.2 Å². The Morgan fingerprint density at radius 1 is 1.42 bits per heavy atom. The van der Waals surface area contributed by atoms with Crippen molar-refractivity contribution in [2.24, 2.45) is 11.8 Å². The number of nitrogens with two attached hydrogens (primary N) is 1. The van der Waals surface area contributed by atoms with Crippen LogP contribution in [0.1, 0.15) is 23.6 Å². The van der Waals surface area contributed by atoms with Crippen LogP contribution < -0.4 is 16.0 Å². The minimum Gasteiger partial charge on any atom is -0.493 e. The summed E-state index contributed by atoms with van der Waals surface area (Å²) in [4.78, 5) is 0. The van der Waals surface area contributed by atoms with Gasteiger partial charge in [-0.2, -0.15) is 0 Å². The highest BCUT2D eigenvalue weighted by molar-refractivity contribution is 7.91. The van der Waals surface area contributed by atoms with Gasteiger partial charge in [-0.15, -0.1) is 0 Å². The second kappa shape index (κ2) is 4.77. The summed E-state index contributed by atoms with van der Waals surface area (Å²) in [6.45, 7) is 0.687. The molecule has 0 aromatic heterocycles. The lowest BCUT2D eigenvalue weighted by Gasteiger charge is -2.23. The molecule has 19 heavy (non-hydrogen) atoms. The number of nitrogens with one attached hydrogen (secondary N) is 1. The van der Waals surface area contributed by atoms with Gasteiger partial charge in [-0.3, -0.25) is 11.3 Å². The van der Waals surface area contributed by atoms with Crippen LogP contribution in [0.2, 0.25) is 0 Å². The molecular formula is C13H18N2O3S. The van der Waals surface area contributed by atoms with Gasteiger partial charge in [0.2, 0.25) is 0 Å². The summed E-state index contributed by atoms with van der Waals surface area (Å²) in [5.41, 5.74) is 4.95. The predicted octanol–water partition coefficient (Wildman–Crippen LogP) is 0.561. The van der Waals surface area contributed by atoms with E-state index in [4.69, 9.17) is 10.6 Å². The molecule has 5 nitrogen and oxygen atoms in total. The number of hydrogen-bond acceptors (Lipinski definition) is 5. The van der Waals surface area contributed by atoms with E-state index >= 15 is 0 Å². The highest BCUT2D eigenvalue weighted by Gasteiger charge is 2.36. The fraction of sp³-hybridized carbons (Fsp3) is 0.538. The van der Waals surface area contributed by atoms with Gasteiger partial charge in [-0.1, -0.05) is 18.2 Å². The van der Waals surface area contributed by atoms with Crippen LogP contribution in [0.15, 0.2) is 18.2 Å². The van der Waals surface area contributed by atoms with E-state index in [9.17, 15) is 8.42 Å². The Balaban J connectivity index is 1.93. The number of rotatable bonds is 3. The summed E-state index contributed by atoms with van der Waals surface area (Å²) in [6.07, 6.45) is 1.56. The molecule has 2 unspecified atom stereocenters. The Kier molecular flexibility index (Phi) is 3.24. The van der Waals surface area contributed by atoms with Crippen LogP contribution in [0, 0.1) is 5.92 Å². The second-order valence-corrected chi connectivity index (χ2v) is 7.47. The number of benzene rings is 1. The third-order valence-electron chi connectivity index (χ3n) is 4.00. The molecule has 3 N–H and O–H groups in total. The van der Waals surface area contributed by atoms with Gasteiger partial charge >= 0.3 is 0 Å². The Morgan fingerprint density at radius 3 is 2.95 bits per heavy atom. The standard InChI is InChI=1S/C13H18N2O3S/c14-15-12(10-5-7-19(16,17)8-10)11-3-1-2-9-4-6-18-13(9)11/h1-3,10,12,15H,4-8,14H2. The number of hydrogen-bond donors (Lipinski definition) is 2. The van der Waals surface area contributed by atoms with Crippen LogP contribution in [0.25, 0.3) is 0 Å². The van der Waals surface area contributed by atoms with Gasteiger partial charge in [0, 0.05) is 12.0 Å². The number of sulfone groups is 1. The summed E-state index contributed by atoms with van der Waals surface area (Å²) >= 11 is 0. The van der Waals surface area contributed by atoms with Crippen molar-refractivity contribution in [1.82, 2.24) is 5.43 Å². The van der Waals surface area contributed by atoms with E-state index in [2.05, 4.69) is 5.43 Å². The lowest BCUT2D eigenvalue weighted by molar-refractivity contribution is 0.335. The molecule has 0 spiro atoms. The van der Waals surface area contributed by atoms with Gasteiger partial charge in [-0.05, 0) is 17.9 Å². The molecule has 1 aromatic carbocycles. The molecule has 0 bridgehead atoms. The summed E-state index contributed by atoms with van der Waals surface area (Å²) in [6, 6.07) is 5.84. The topological polar surface area (TPSA) is 81.4 Å². The first-order valence-corrected chi connectivity index (χ1v) is 8.34. The first-order valence-electron chi connectivity index (χ1n) is 6.52. The molecule has 1 aromatic rings. The predicted molar refractivity (Wildman–Crippen MR) is 72.5 cm³/mol. The van der Waals surface area contributed by atoms with Crippen LogP contribution in [0.4, 0.5) is 0 Å². The van der Waals surface area contributed by atoms with E-state index in [1.165, 1.54) is 5.56 Å². The summed E-state index contributed by atoms with van der Waals surface area (Å²) in [5, 5.41) is 0. The number of ether oxygens (including phenoxy) is 1. The van der Waals surface area contributed by atoms with Crippen molar-refractivity contribution in [3.63, 3.8) is 0 Å². The van der Waals surface area contributed by atoms with Crippen LogP contribution in [0.3, 0.4) is 0 Å². The molecule has 104 valence electrons. The van der Waals surface area contributed by atoms with Crippen LogP contribution in [-0.2, 0) is 16.3 Å². The van der Waals surface area contributed by atoms with Gasteiger partial charge in [0.25, 0.3) is 0 Å². The fourth-order valence-corrected chi connectivity index (χ4v) is 4.89. The number of para-hydroxylation sites is 1. The van der Waals surface area contributed by atoms with Crippen LogP contribution >= 0.6 is 0 Å². The summed E-state index contributed by atoms with van der Waals surface area (Å²) in [5.74, 6) is 7.03. The van der Waals surface area contributed by atoms with Gasteiger partial charge in [0.1, 0.15) is 5.75 Å². The lowest BCUT2D eigenvalue weighted by atomic mass is 9.91. The van der Waals surface area contributed by atoms with Crippen molar-refractivity contribution in [1.29, 1.82) is 0 Å². The van der Waals surface area contributed by atoms with E-state index in [1.54, 1.807) is 0 Å². The molecule has 0 radical (unpaired) electrons. The van der Waals surface area contributed by atoms with Crippen molar-refractivity contribution >= 4 is 9.84 Å². The Bertz CT molecular complexity index is 586. The first kappa shape index (κ1) is 12.9. The highest BCUT2D eigenvalue weighted by Crippen LogP contribution is 2.39. The van der Waals surface area contributed by atoms with Crippen LogP contribution in [-0.4, -0.2) is 26.5 Å². The van der Waals surface area contributed by atoms with Crippen molar-refractivity contribution in [3.05, 3.63) is 29.3 Å². The third-order valence-corrected chi connectivity index (χ3v) is 5.79. The molecule has 6 heteroatoms. The monoisotopic (exact) mass is 282 g/mol. The maximum atomic E-state index is 11.6. The summed E-state index contributed by atoms with van der Waals surface area (Å²) in [7, 11) is -2.91. The molecule has 2 aliphatic heterocycles. The zero-order valence-corrected chi connectivity index (χ0v) is 11.4. The maximum Gasteiger partial charge on any atom is 0.150 e. The summed E-state index contributed by atoms with van der Waals surface area (Å²) < 4.78 is 28.9. The average molecular weight is 282 g/mol. The van der Waals surface area contributed by atoms with E-state index in [0.29, 0.717) is 13.0 Å². The largest absolute Gasteiger partial charge is 0.493 e. The molecule has 0 amide bonds. The Labute approximate surface area is 113 Å². The number of fused-ring (bicyclic) bond motifs is 1. The van der Waals surface area contributed by atoms with E-state index < -0.39 is 9.84 Å².